The highest BCUT2D eigenvalue weighted by molar-refractivity contribution is 5.31. The minimum absolute atomic E-state index is 0.504. The van der Waals surface area contributed by atoms with Gasteiger partial charge in [0.2, 0.25) is 11.8 Å². The summed E-state index contributed by atoms with van der Waals surface area (Å²) in [5.41, 5.74) is 0.846. The number of ether oxygens (including phenoxy) is 1. The monoisotopic (exact) mass is 219 g/mol. The van der Waals surface area contributed by atoms with E-state index in [0.29, 0.717) is 17.6 Å². The van der Waals surface area contributed by atoms with Crippen LogP contribution in [0.2, 0.25) is 0 Å². The second kappa shape index (κ2) is 4.18. The Morgan fingerprint density at radius 3 is 2.81 bits per heavy atom. The van der Waals surface area contributed by atoms with Gasteiger partial charge >= 0.3 is 0 Å². The zero-order valence-electron chi connectivity index (χ0n) is 9.43. The summed E-state index contributed by atoms with van der Waals surface area (Å²) in [5, 5.41) is 6.89. The molecule has 2 heterocycles. The van der Waals surface area contributed by atoms with Gasteiger partial charge in [-0.05, 0) is 6.92 Å². The first-order chi connectivity index (χ1) is 7.67. The fraction of sp³-hybridized carbons (Fsp3) is 0.300. The molecular formula is C10H13N5O. The molecule has 0 aliphatic carbocycles. The van der Waals surface area contributed by atoms with Gasteiger partial charge in [-0.15, -0.1) is 0 Å². The van der Waals surface area contributed by atoms with E-state index in [1.54, 1.807) is 30.2 Å². The Bertz CT molecular complexity index is 494. The molecule has 0 aliphatic rings. The maximum atomic E-state index is 5.55. The van der Waals surface area contributed by atoms with Gasteiger partial charge in [-0.3, -0.25) is 4.68 Å². The zero-order valence-corrected chi connectivity index (χ0v) is 9.43. The summed E-state index contributed by atoms with van der Waals surface area (Å²) in [7, 11) is 3.60. The van der Waals surface area contributed by atoms with Gasteiger partial charge in [0, 0.05) is 25.9 Å². The summed E-state index contributed by atoms with van der Waals surface area (Å²) >= 11 is 0. The molecule has 0 unspecified atom stereocenters. The van der Waals surface area contributed by atoms with Crippen LogP contribution in [0.25, 0.3) is 0 Å². The molecule has 84 valence electrons. The number of anilines is 1. The van der Waals surface area contributed by atoms with Gasteiger partial charge < -0.3 is 10.1 Å². The molecule has 0 amide bonds. The van der Waals surface area contributed by atoms with Gasteiger partial charge in [0.05, 0.1) is 12.4 Å². The second-order valence-corrected chi connectivity index (χ2v) is 3.37. The van der Waals surface area contributed by atoms with Crippen molar-refractivity contribution in [2.45, 2.75) is 6.92 Å². The average Bonchev–Trinajstić information content (AvgIpc) is 2.63. The number of hydrogen-bond donors (Lipinski definition) is 1. The van der Waals surface area contributed by atoms with Crippen LogP contribution < -0.4 is 10.1 Å². The fourth-order valence-electron chi connectivity index (χ4n) is 1.28. The van der Waals surface area contributed by atoms with Crippen LogP contribution in [0.15, 0.2) is 18.5 Å². The van der Waals surface area contributed by atoms with Crippen molar-refractivity contribution >= 4 is 5.95 Å². The molecule has 0 bridgehead atoms. The van der Waals surface area contributed by atoms with Crippen LogP contribution in [-0.2, 0) is 7.05 Å². The molecule has 0 fully saturated rings. The Kier molecular flexibility index (Phi) is 2.72. The lowest BCUT2D eigenvalue weighted by molar-refractivity contribution is 0.461. The SMILES string of the molecule is CNc1nc(C)cc(Oc2cnn(C)c2)n1. The van der Waals surface area contributed by atoms with Crippen LogP contribution in [0.5, 0.6) is 11.6 Å². The smallest absolute Gasteiger partial charge is 0.225 e. The normalized spacial score (nSPS) is 10.2. The first-order valence-corrected chi connectivity index (χ1v) is 4.87. The Hall–Kier alpha value is -2.11. The number of nitrogens with zero attached hydrogens (tertiary/aromatic N) is 4. The first kappa shape index (κ1) is 10.4. The van der Waals surface area contributed by atoms with Gasteiger partial charge in [0.15, 0.2) is 5.75 Å². The Morgan fingerprint density at radius 2 is 2.19 bits per heavy atom. The summed E-state index contributed by atoms with van der Waals surface area (Å²) in [4.78, 5) is 8.35. The minimum atomic E-state index is 0.504. The molecular weight excluding hydrogens is 206 g/mol. The van der Waals surface area contributed by atoms with Crippen LogP contribution in [0.4, 0.5) is 5.95 Å². The van der Waals surface area contributed by atoms with Gasteiger partial charge in [0.25, 0.3) is 0 Å². The topological polar surface area (TPSA) is 64.9 Å². The molecule has 0 saturated carbocycles. The molecule has 0 saturated heterocycles. The molecule has 6 nitrogen and oxygen atoms in total. The van der Waals surface area contributed by atoms with Crippen molar-refractivity contribution in [3.63, 3.8) is 0 Å². The van der Waals surface area contributed by atoms with Gasteiger partial charge in [-0.25, -0.2) is 4.98 Å². The van der Waals surface area contributed by atoms with Crippen molar-refractivity contribution in [2.24, 2.45) is 7.05 Å². The van der Waals surface area contributed by atoms with Crippen molar-refractivity contribution < 1.29 is 4.74 Å². The average molecular weight is 219 g/mol. The molecule has 2 aromatic heterocycles. The van der Waals surface area contributed by atoms with E-state index in [4.69, 9.17) is 4.74 Å². The van der Waals surface area contributed by atoms with Crippen molar-refractivity contribution in [3.05, 3.63) is 24.2 Å². The molecule has 0 aliphatic heterocycles. The van der Waals surface area contributed by atoms with Crippen molar-refractivity contribution in [1.29, 1.82) is 0 Å². The van der Waals surface area contributed by atoms with Gasteiger partial charge in [-0.1, -0.05) is 0 Å². The lowest BCUT2D eigenvalue weighted by atomic mass is 10.4. The van der Waals surface area contributed by atoms with E-state index in [0.717, 1.165) is 5.69 Å². The quantitative estimate of drug-likeness (QED) is 0.844. The number of aromatic nitrogens is 4. The Morgan fingerprint density at radius 1 is 1.38 bits per heavy atom. The van der Waals surface area contributed by atoms with Crippen LogP contribution in [0.1, 0.15) is 5.69 Å². The standard InChI is InChI=1S/C10H13N5O/c1-7-4-9(14-10(11-2)13-7)16-8-5-12-15(3)6-8/h4-6H,1-3H3,(H,11,13,14). The maximum absolute atomic E-state index is 5.55. The fourth-order valence-corrected chi connectivity index (χ4v) is 1.28. The van der Waals surface area contributed by atoms with Crippen LogP contribution in [-0.4, -0.2) is 26.8 Å². The third-order valence-electron chi connectivity index (χ3n) is 1.96. The highest BCUT2D eigenvalue weighted by Crippen LogP contribution is 2.19. The predicted molar refractivity (Wildman–Crippen MR) is 59.6 cm³/mol. The van der Waals surface area contributed by atoms with Crippen molar-refractivity contribution in [2.75, 3.05) is 12.4 Å². The number of hydrogen-bond acceptors (Lipinski definition) is 5. The van der Waals surface area contributed by atoms with E-state index >= 15 is 0 Å². The van der Waals surface area contributed by atoms with Gasteiger partial charge in [0.1, 0.15) is 0 Å². The molecule has 0 spiro atoms. The van der Waals surface area contributed by atoms with Crippen LogP contribution in [0, 0.1) is 6.92 Å². The number of aryl methyl sites for hydroxylation is 2. The van der Waals surface area contributed by atoms with Crippen molar-refractivity contribution in [3.8, 4) is 11.6 Å². The number of nitrogens with one attached hydrogen (secondary N) is 1. The highest BCUT2D eigenvalue weighted by atomic mass is 16.5. The molecule has 1 N–H and O–H groups in total. The van der Waals surface area contributed by atoms with E-state index in [2.05, 4.69) is 20.4 Å². The van der Waals surface area contributed by atoms with Crippen molar-refractivity contribution in [1.82, 2.24) is 19.7 Å². The first-order valence-electron chi connectivity index (χ1n) is 4.87. The summed E-state index contributed by atoms with van der Waals surface area (Å²) in [6.07, 6.45) is 3.41. The molecule has 2 rings (SSSR count). The highest BCUT2D eigenvalue weighted by Gasteiger charge is 2.04. The van der Waals surface area contributed by atoms with Crippen LogP contribution in [0.3, 0.4) is 0 Å². The summed E-state index contributed by atoms with van der Waals surface area (Å²) in [6, 6.07) is 1.77. The van der Waals surface area contributed by atoms with E-state index in [9.17, 15) is 0 Å². The van der Waals surface area contributed by atoms with Crippen LogP contribution >= 0.6 is 0 Å². The van der Waals surface area contributed by atoms with E-state index < -0.39 is 0 Å². The number of rotatable bonds is 3. The molecule has 2 aromatic rings. The Balaban J connectivity index is 2.24. The summed E-state index contributed by atoms with van der Waals surface area (Å²) in [5.74, 6) is 1.70. The lowest BCUT2D eigenvalue weighted by Gasteiger charge is -2.05. The zero-order chi connectivity index (χ0) is 11.5. The molecule has 6 heteroatoms. The predicted octanol–water partition coefficient (Wildman–Crippen LogP) is 1.35. The van der Waals surface area contributed by atoms with E-state index in [1.807, 2.05) is 14.0 Å². The maximum Gasteiger partial charge on any atom is 0.225 e. The minimum Gasteiger partial charge on any atom is -0.436 e. The van der Waals surface area contributed by atoms with Gasteiger partial charge in [-0.2, -0.15) is 10.1 Å². The molecule has 0 radical (unpaired) electrons. The summed E-state index contributed by atoms with van der Waals surface area (Å²) in [6.45, 7) is 1.89. The second-order valence-electron chi connectivity index (χ2n) is 3.37. The third kappa shape index (κ3) is 2.28. The van der Waals surface area contributed by atoms with E-state index in [1.165, 1.54) is 0 Å². The molecule has 0 atom stereocenters. The molecule has 16 heavy (non-hydrogen) atoms. The largest absolute Gasteiger partial charge is 0.436 e. The lowest BCUT2D eigenvalue weighted by Crippen LogP contribution is -1.99. The van der Waals surface area contributed by atoms with E-state index in [-0.39, 0.29) is 0 Å². The third-order valence-corrected chi connectivity index (χ3v) is 1.96. The molecule has 0 aromatic carbocycles. The Labute approximate surface area is 93.3 Å². The summed E-state index contributed by atoms with van der Waals surface area (Å²) < 4.78 is 7.22.